The summed E-state index contributed by atoms with van der Waals surface area (Å²) in [6, 6.07) is 0.0656. The van der Waals surface area contributed by atoms with Crippen LogP contribution in [0.4, 0.5) is 0 Å². The molecule has 0 aliphatic carbocycles. The highest BCUT2D eigenvalue weighted by atomic mass is 32.1. The van der Waals surface area contributed by atoms with Gasteiger partial charge in [-0.05, 0) is 52.3 Å². The Morgan fingerprint density at radius 3 is 2.75 bits per heavy atom. The number of carbonyl (C=O) groups is 1. The number of rotatable bonds is 4. The lowest BCUT2D eigenvalue weighted by molar-refractivity contribution is 0.0531. The molecule has 0 amide bonds. The summed E-state index contributed by atoms with van der Waals surface area (Å²) in [5, 5.41) is 0.498. The van der Waals surface area contributed by atoms with Gasteiger partial charge in [0.2, 0.25) is 0 Å². The van der Waals surface area contributed by atoms with E-state index in [1.807, 2.05) is 0 Å². The molecule has 0 saturated carbocycles. The number of piperidine rings is 1. The van der Waals surface area contributed by atoms with Gasteiger partial charge in [0.1, 0.15) is 15.5 Å². The number of hydrogen-bond donors (Lipinski definition) is 1. The van der Waals surface area contributed by atoms with E-state index in [1.54, 1.807) is 13.8 Å². The number of likely N-dealkylation sites (tertiary alicyclic amines) is 1. The van der Waals surface area contributed by atoms with E-state index < -0.39 is 0 Å². The first-order valence-corrected chi connectivity index (χ1v) is 9.29. The summed E-state index contributed by atoms with van der Waals surface area (Å²) in [5.74, 6) is 0.286. The van der Waals surface area contributed by atoms with Crippen LogP contribution in [0, 0.1) is 6.92 Å². The number of nitrogens with one attached hydrogen (secondary N) is 1. The molecule has 1 saturated heterocycles. The molecule has 0 radical (unpaired) electrons. The van der Waals surface area contributed by atoms with Crippen LogP contribution in [-0.2, 0) is 4.74 Å². The molecule has 1 aliphatic heterocycles. The molecule has 3 heterocycles. The maximum absolute atomic E-state index is 12.5. The van der Waals surface area contributed by atoms with Crippen LogP contribution < -0.4 is 5.56 Å². The van der Waals surface area contributed by atoms with Gasteiger partial charge in [-0.15, -0.1) is 11.3 Å². The van der Waals surface area contributed by atoms with E-state index in [2.05, 4.69) is 21.8 Å². The first-order chi connectivity index (χ1) is 11.5. The highest BCUT2D eigenvalue weighted by molar-refractivity contribution is 7.20. The lowest BCUT2D eigenvalue weighted by atomic mass is 10.1. The number of aryl methyl sites for hydroxylation is 1. The minimum Gasteiger partial charge on any atom is -0.462 e. The van der Waals surface area contributed by atoms with E-state index in [1.165, 1.54) is 30.6 Å². The fourth-order valence-electron chi connectivity index (χ4n) is 3.23. The van der Waals surface area contributed by atoms with Gasteiger partial charge in [0, 0.05) is 0 Å². The normalized spacial score (nSPS) is 17.1. The van der Waals surface area contributed by atoms with Gasteiger partial charge in [-0.25, -0.2) is 9.78 Å². The second-order valence-corrected chi connectivity index (χ2v) is 7.18. The predicted molar refractivity (Wildman–Crippen MR) is 94.8 cm³/mol. The zero-order valence-corrected chi connectivity index (χ0v) is 15.2. The third kappa shape index (κ3) is 3.10. The number of esters is 1. The van der Waals surface area contributed by atoms with Crippen molar-refractivity contribution in [3.63, 3.8) is 0 Å². The van der Waals surface area contributed by atoms with Crippen molar-refractivity contribution in [2.45, 2.75) is 46.1 Å². The van der Waals surface area contributed by atoms with Crippen molar-refractivity contribution in [3.05, 3.63) is 26.6 Å². The molecule has 7 heteroatoms. The second kappa shape index (κ2) is 7.03. The van der Waals surface area contributed by atoms with Gasteiger partial charge >= 0.3 is 5.97 Å². The van der Waals surface area contributed by atoms with Gasteiger partial charge in [-0.1, -0.05) is 6.42 Å². The Morgan fingerprint density at radius 2 is 2.08 bits per heavy atom. The molecule has 1 N–H and O–H groups in total. The van der Waals surface area contributed by atoms with E-state index in [0.29, 0.717) is 33.1 Å². The molecule has 130 valence electrons. The fourth-order valence-corrected chi connectivity index (χ4v) is 4.31. The maximum Gasteiger partial charge on any atom is 0.348 e. The first-order valence-electron chi connectivity index (χ1n) is 8.47. The summed E-state index contributed by atoms with van der Waals surface area (Å²) in [6.45, 7) is 7.98. The van der Waals surface area contributed by atoms with E-state index in [9.17, 15) is 9.59 Å². The van der Waals surface area contributed by atoms with E-state index in [0.717, 1.165) is 13.1 Å². The summed E-state index contributed by atoms with van der Waals surface area (Å²) < 4.78 is 5.07. The number of carbonyl (C=O) groups excluding carboxylic acids is 1. The molecule has 0 bridgehead atoms. The van der Waals surface area contributed by atoms with Crippen LogP contribution >= 0.6 is 11.3 Å². The van der Waals surface area contributed by atoms with Gasteiger partial charge in [-0.3, -0.25) is 9.69 Å². The van der Waals surface area contributed by atoms with Crippen molar-refractivity contribution >= 4 is 27.5 Å². The van der Waals surface area contributed by atoms with E-state index in [4.69, 9.17) is 4.74 Å². The average molecular weight is 349 g/mol. The topological polar surface area (TPSA) is 75.3 Å². The molecular formula is C17H23N3O3S. The zero-order valence-electron chi connectivity index (χ0n) is 14.3. The lowest BCUT2D eigenvalue weighted by Crippen LogP contribution is -2.34. The SMILES string of the molecule is CCOC(=O)c1sc2nc([C@@H](C)N3CCCCC3)[nH]c(=O)c2c1C. The Kier molecular flexibility index (Phi) is 5.01. The Hall–Kier alpha value is -1.73. The van der Waals surface area contributed by atoms with Crippen LogP contribution in [0.2, 0.25) is 0 Å². The number of fused-ring (bicyclic) bond motifs is 1. The fraction of sp³-hybridized carbons (Fsp3) is 0.588. The van der Waals surface area contributed by atoms with Crippen molar-refractivity contribution in [3.8, 4) is 0 Å². The number of H-pyrrole nitrogens is 1. The number of ether oxygens (including phenoxy) is 1. The average Bonchev–Trinajstić information content (AvgIpc) is 2.92. The number of aromatic nitrogens is 2. The van der Waals surface area contributed by atoms with Crippen molar-refractivity contribution in [2.75, 3.05) is 19.7 Å². The molecule has 6 nitrogen and oxygen atoms in total. The summed E-state index contributed by atoms with van der Waals surface area (Å²) in [6.07, 6.45) is 3.63. The molecule has 0 aromatic carbocycles. The minimum absolute atomic E-state index is 0.0656. The molecule has 24 heavy (non-hydrogen) atoms. The Labute approximate surface area is 144 Å². The van der Waals surface area contributed by atoms with Crippen LogP contribution in [0.1, 0.15) is 60.2 Å². The molecule has 1 aliphatic rings. The van der Waals surface area contributed by atoms with E-state index >= 15 is 0 Å². The third-order valence-electron chi connectivity index (χ3n) is 4.61. The lowest BCUT2D eigenvalue weighted by Gasteiger charge is -2.31. The molecule has 1 fully saturated rings. The summed E-state index contributed by atoms with van der Waals surface area (Å²) >= 11 is 1.24. The quantitative estimate of drug-likeness (QED) is 0.859. The van der Waals surface area contributed by atoms with E-state index in [-0.39, 0.29) is 17.6 Å². The van der Waals surface area contributed by atoms with Gasteiger partial charge in [0.25, 0.3) is 5.56 Å². The molecule has 2 aromatic rings. The number of thiophene rings is 1. The van der Waals surface area contributed by atoms with Gasteiger partial charge in [0.05, 0.1) is 18.0 Å². The van der Waals surface area contributed by atoms with Crippen LogP contribution in [0.3, 0.4) is 0 Å². The maximum atomic E-state index is 12.5. The smallest absolute Gasteiger partial charge is 0.348 e. The highest BCUT2D eigenvalue weighted by Gasteiger charge is 2.24. The highest BCUT2D eigenvalue weighted by Crippen LogP contribution is 2.29. The third-order valence-corrected chi connectivity index (χ3v) is 5.78. The predicted octanol–water partition coefficient (Wildman–Crippen LogP) is 3.02. The summed E-state index contributed by atoms with van der Waals surface area (Å²) in [7, 11) is 0. The molecular weight excluding hydrogens is 326 g/mol. The number of hydrogen-bond acceptors (Lipinski definition) is 6. The molecule has 1 atom stereocenters. The molecule has 0 unspecified atom stereocenters. The number of aromatic amines is 1. The Morgan fingerprint density at radius 1 is 1.38 bits per heavy atom. The second-order valence-electron chi connectivity index (χ2n) is 6.18. The Bertz CT molecular complexity index is 805. The monoisotopic (exact) mass is 349 g/mol. The summed E-state index contributed by atoms with van der Waals surface area (Å²) in [4.78, 5) is 35.6. The van der Waals surface area contributed by atoms with Crippen LogP contribution in [0.5, 0.6) is 0 Å². The van der Waals surface area contributed by atoms with Crippen LogP contribution in [0.25, 0.3) is 10.2 Å². The van der Waals surface area contributed by atoms with Crippen LogP contribution in [-0.4, -0.2) is 40.5 Å². The van der Waals surface area contributed by atoms with Gasteiger partial charge in [-0.2, -0.15) is 0 Å². The van der Waals surface area contributed by atoms with Crippen LogP contribution in [0.15, 0.2) is 4.79 Å². The van der Waals surface area contributed by atoms with Crippen molar-refractivity contribution in [2.24, 2.45) is 0 Å². The molecule has 0 spiro atoms. The standard InChI is InChI=1S/C17H23N3O3S/c1-4-23-17(22)13-10(2)12-15(21)18-14(19-16(12)24-13)11(3)20-8-6-5-7-9-20/h11H,4-9H2,1-3H3,(H,18,19,21)/t11-/m1/s1. The minimum atomic E-state index is -0.386. The van der Waals surface area contributed by atoms with Crippen molar-refractivity contribution in [1.29, 1.82) is 0 Å². The number of nitrogens with zero attached hydrogens (tertiary/aromatic N) is 2. The molecule has 2 aromatic heterocycles. The van der Waals surface area contributed by atoms with Gasteiger partial charge in [0.15, 0.2) is 0 Å². The van der Waals surface area contributed by atoms with Gasteiger partial charge < -0.3 is 9.72 Å². The molecule has 3 rings (SSSR count). The summed E-state index contributed by atoms with van der Waals surface area (Å²) in [5.41, 5.74) is 0.475. The first kappa shape index (κ1) is 17.1. The van der Waals surface area contributed by atoms with Crippen molar-refractivity contribution < 1.29 is 9.53 Å². The zero-order chi connectivity index (χ0) is 17.3. The largest absolute Gasteiger partial charge is 0.462 e. The Balaban J connectivity index is 2.00. The van der Waals surface area contributed by atoms with Crippen molar-refractivity contribution in [1.82, 2.24) is 14.9 Å².